The van der Waals surface area contributed by atoms with Crippen molar-refractivity contribution in [2.24, 2.45) is 5.92 Å². The first-order chi connectivity index (χ1) is 7.24. The molecule has 2 heteroatoms. The first-order valence-corrected chi connectivity index (χ1v) is 6.51. The van der Waals surface area contributed by atoms with E-state index in [9.17, 15) is 4.79 Å². The van der Waals surface area contributed by atoms with E-state index >= 15 is 0 Å². The average Bonchev–Trinajstić information content (AvgIpc) is 2.70. The van der Waals surface area contributed by atoms with Crippen molar-refractivity contribution in [3.63, 3.8) is 0 Å². The first-order valence-electron chi connectivity index (χ1n) is 6.51. The van der Waals surface area contributed by atoms with Crippen molar-refractivity contribution < 1.29 is 4.79 Å². The second-order valence-corrected chi connectivity index (χ2v) is 4.87. The van der Waals surface area contributed by atoms with Crippen LogP contribution in [0.1, 0.15) is 58.8 Å². The highest BCUT2D eigenvalue weighted by Gasteiger charge is 2.17. The molecule has 88 valence electrons. The molecule has 1 amide bonds. The first kappa shape index (κ1) is 12.5. The molecule has 0 spiro atoms. The average molecular weight is 211 g/mol. The van der Waals surface area contributed by atoms with E-state index in [2.05, 4.69) is 13.8 Å². The number of hydrogen-bond acceptors (Lipinski definition) is 1. The van der Waals surface area contributed by atoms with Crippen LogP contribution in [0.25, 0.3) is 0 Å². The van der Waals surface area contributed by atoms with Crippen LogP contribution in [-0.2, 0) is 4.79 Å². The van der Waals surface area contributed by atoms with Crippen LogP contribution >= 0.6 is 0 Å². The summed E-state index contributed by atoms with van der Waals surface area (Å²) < 4.78 is 0. The molecular formula is C13H25NO. The van der Waals surface area contributed by atoms with Gasteiger partial charge in [-0.1, -0.05) is 33.1 Å². The molecule has 0 aromatic heterocycles. The third kappa shape index (κ3) is 4.67. The maximum absolute atomic E-state index is 11.7. The van der Waals surface area contributed by atoms with Crippen LogP contribution in [0.15, 0.2) is 0 Å². The lowest BCUT2D eigenvalue weighted by Crippen LogP contribution is -2.27. The molecule has 1 rings (SSSR count). The van der Waals surface area contributed by atoms with Crippen LogP contribution < -0.4 is 0 Å². The third-order valence-electron chi connectivity index (χ3n) is 3.33. The number of nitrogens with zero attached hydrogens (tertiary/aromatic N) is 1. The fourth-order valence-electron chi connectivity index (χ4n) is 2.36. The highest BCUT2D eigenvalue weighted by atomic mass is 16.2. The molecule has 0 bridgehead atoms. The predicted molar refractivity (Wildman–Crippen MR) is 63.7 cm³/mol. The van der Waals surface area contributed by atoms with E-state index in [1.807, 2.05) is 4.90 Å². The van der Waals surface area contributed by atoms with Gasteiger partial charge in [-0.3, -0.25) is 4.79 Å². The highest BCUT2D eigenvalue weighted by Crippen LogP contribution is 2.15. The lowest BCUT2D eigenvalue weighted by molar-refractivity contribution is -0.130. The van der Waals surface area contributed by atoms with Crippen LogP contribution in [0, 0.1) is 5.92 Å². The molecule has 0 saturated carbocycles. The van der Waals surface area contributed by atoms with Crippen molar-refractivity contribution >= 4 is 5.91 Å². The number of likely N-dealkylation sites (tertiary alicyclic amines) is 1. The molecule has 0 aromatic carbocycles. The maximum Gasteiger partial charge on any atom is 0.222 e. The zero-order valence-corrected chi connectivity index (χ0v) is 10.3. The molecule has 0 radical (unpaired) electrons. The summed E-state index contributed by atoms with van der Waals surface area (Å²) in [7, 11) is 0. The van der Waals surface area contributed by atoms with Gasteiger partial charge < -0.3 is 4.90 Å². The van der Waals surface area contributed by atoms with Gasteiger partial charge >= 0.3 is 0 Å². The monoisotopic (exact) mass is 211 g/mol. The minimum Gasteiger partial charge on any atom is -0.343 e. The van der Waals surface area contributed by atoms with Gasteiger partial charge in [0.25, 0.3) is 0 Å². The van der Waals surface area contributed by atoms with Crippen molar-refractivity contribution in [1.29, 1.82) is 0 Å². The van der Waals surface area contributed by atoms with Gasteiger partial charge in [-0.2, -0.15) is 0 Å². The standard InChI is InChI=1S/C13H25NO/c1-3-7-12(2)8-6-9-13(15)14-10-4-5-11-14/h12H,3-11H2,1-2H3. The summed E-state index contributed by atoms with van der Waals surface area (Å²) in [5, 5.41) is 0. The summed E-state index contributed by atoms with van der Waals surface area (Å²) >= 11 is 0. The summed E-state index contributed by atoms with van der Waals surface area (Å²) in [4.78, 5) is 13.7. The number of rotatable bonds is 6. The molecule has 1 atom stereocenters. The van der Waals surface area contributed by atoms with E-state index < -0.39 is 0 Å². The van der Waals surface area contributed by atoms with Gasteiger partial charge in [-0.25, -0.2) is 0 Å². The van der Waals surface area contributed by atoms with Gasteiger partial charge in [0.05, 0.1) is 0 Å². The lowest BCUT2D eigenvalue weighted by atomic mass is 9.99. The Kier molecular flexibility index (Phi) is 5.74. The fraction of sp³-hybridized carbons (Fsp3) is 0.923. The highest BCUT2D eigenvalue weighted by molar-refractivity contribution is 5.76. The second-order valence-electron chi connectivity index (χ2n) is 4.87. The van der Waals surface area contributed by atoms with Crippen LogP contribution in [-0.4, -0.2) is 23.9 Å². The largest absolute Gasteiger partial charge is 0.343 e. The van der Waals surface area contributed by atoms with Crippen LogP contribution in [0.2, 0.25) is 0 Å². The Morgan fingerprint density at radius 1 is 1.27 bits per heavy atom. The molecule has 1 heterocycles. The molecule has 1 unspecified atom stereocenters. The summed E-state index contributed by atoms with van der Waals surface area (Å²) in [5.41, 5.74) is 0. The summed E-state index contributed by atoms with van der Waals surface area (Å²) in [5.74, 6) is 1.18. The molecule has 0 N–H and O–H groups in total. The van der Waals surface area contributed by atoms with E-state index in [0.29, 0.717) is 5.91 Å². The van der Waals surface area contributed by atoms with Gasteiger partial charge in [-0.05, 0) is 25.2 Å². The Bertz CT molecular complexity index is 185. The van der Waals surface area contributed by atoms with Crippen molar-refractivity contribution in [2.45, 2.75) is 58.8 Å². The molecule has 2 nitrogen and oxygen atoms in total. The van der Waals surface area contributed by atoms with Gasteiger partial charge in [0, 0.05) is 19.5 Å². The maximum atomic E-state index is 11.7. The van der Waals surface area contributed by atoms with Crippen LogP contribution in [0.4, 0.5) is 0 Å². The van der Waals surface area contributed by atoms with E-state index in [4.69, 9.17) is 0 Å². The zero-order valence-electron chi connectivity index (χ0n) is 10.3. The van der Waals surface area contributed by atoms with E-state index in [0.717, 1.165) is 31.8 Å². The normalized spacial score (nSPS) is 18.1. The quantitative estimate of drug-likeness (QED) is 0.660. The zero-order chi connectivity index (χ0) is 11.1. The minimum absolute atomic E-state index is 0.385. The third-order valence-corrected chi connectivity index (χ3v) is 3.33. The van der Waals surface area contributed by atoms with Gasteiger partial charge in [0.2, 0.25) is 5.91 Å². The number of amides is 1. The number of carbonyl (C=O) groups excluding carboxylic acids is 1. The molecule has 15 heavy (non-hydrogen) atoms. The van der Waals surface area contributed by atoms with Crippen molar-refractivity contribution in [3.8, 4) is 0 Å². The molecule has 1 aliphatic heterocycles. The minimum atomic E-state index is 0.385. The van der Waals surface area contributed by atoms with E-state index in [1.54, 1.807) is 0 Å². The Hall–Kier alpha value is -0.530. The van der Waals surface area contributed by atoms with E-state index in [-0.39, 0.29) is 0 Å². The molecule has 1 aliphatic rings. The van der Waals surface area contributed by atoms with Gasteiger partial charge in [0.15, 0.2) is 0 Å². The Morgan fingerprint density at radius 3 is 2.53 bits per heavy atom. The van der Waals surface area contributed by atoms with Gasteiger partial charge in [0.1, 0.15) is 0 Å². The Balaban J connectivity index is 2.06. The number of hydrogen-bond donors (Lipinski definition) is 0. The van der Waals surface area contributed by atoms with Crippen molar-refractivity contribution in [1.82, 2.24) is 4.90 Å². The molecule has 1 fully saturated rings. The molecule has 0 aromatic rings. The Labute approximate surface area is 94.0 Å². The SMILES string of the molecule is CCCC(C)CCCC(=O)N1CCCC1. The van der Waals surface area contributed by atoms with Gasteiger partial charge in [-0.15, -0.1) is 0 Å². The topological polar surface area (TPSA) is 20.3 Å². The van der Waals surface area contributed by atoms with Crippen molar-refractivity contribution in [3.05, 3.63) is 0 Å². The van der Waals surface area contributed by atoms with E-state index in [1.165, 1.54) is 32.1 Å². The smallest absolute Gasteiger partial charge is 0.222 e. The molecule has 0 aliphatic carbocycles. The molecule has 1 saturated heterocycles. The summed E-state index contributed by atoms with van der Waals surface area (Å²) in [6.45, 7) is 6.53. The molecular weight excluding hydrogens is 186 g/mol. The van der Waals surface area contributed by atoms with Crippen LogP contribution in [0.3, 0.4) is 0 Å². The Morgan fingerprint density at radius 2 is 1.93 bits per heavy atom. The summed E-state index contributed by atoms with van der Waals surface area (Å²) in [6, 6.07) is 0. The second kappa shape index (κ2) is 6.86. The van der Waals surface area contributed by atoms with Crippen LogP contribution in [0.5, 0.6) is 0 Å². The predicted octanol–water partition coefficient (Wildman–Crippen LogP) is 3.22. The fourth-order valence-corrected chi connectivity index (χ4v) is 2.36. The lowest BCUT2D eigenvalue weighted by Gasteiger charge is -2.15. The number of carbonyl (C=O) groups is 1. The summed E-state index contributed by atoms with van der Waals surface area (Å²) in [6.07, 6.45) is 8.05. The van der Waals surface area contributed by atoms with Crippen molar-refractivity contribution in [2.75, 3.05) is 13.1 Å².